The summed E-state index contributed by atoms with van der Waals surface area (Å²) in [6.07, 6.45) is -2.59. The Labute approximate surface area is 189 Å². The molecule has 0 atom stereocenters. The van der Waals surface area contributed by atoms with Crippen molar-refractivity contribution in [1.29, 1.82) is 0 Å². The quantitative estimate of drug-likeness (QED) is 0.427. The molecule has 0 radical (unpaired) electrons. The number of carbonyl (C=O) groups excluding carboxylic acids is 2. The first-order valence-electron chi connectivity index (χ1n) is 10.4. The molecule has 0 bridgehead atoms. The standard InChI is InChI=1S/C24H25F3N2O2S/c1-16-7-3-4-8-20(16)32-21-11-10-18(15-19(21)24(25,26)27)17(2)23(31)28-12-6-14-29-13-5-9-22(29)30/h3-4,7-8,10-11,15H,2,5-6,9,12-14H2,1H3,(H,28,31). The van der Waals surface area contributed by atoms with Crippen LogP contribution in [0.15, 0.2) is 58.8 Å². The highest BCUT2D eigenvalue weighted by Crippen LogP contribution is 2.41. The van der Waals surface area contributed by atoms with E-state index >= 15 is 0 Å². The number of carbonyl (C=O) groups is 2. The fraction of sp³-hybridized carbons (Fsp3) is 0.333. The molecule has 2 aromatic rings. The van der Waals surface area contributed by atoms with Crippen molar-refractivity contribution in [3.8, 4) is 0 Å². The van der Waals surface area contributed by atoms with Crippen molar-refractivity contribution in [2.75, 3.05) is 19.6 Å². The van der Waals surface area contributed by atoms with Gasteiger partial charge in [-0.2, -0.15) is 13.2 Å². The highest BCUT2D eigenvalue weighted by molar-refractivity contribution is 7.99. The minimum absolute atomic E-state index is 0.0276. The molecule has 0 aliphatic carbocycles. The number of halogens is 3. The van der Waals surface area contributed by atoms with Gasteiger partial charge in [0.05, 0.1) is 5.56 Å². The van der Waals surface area contributed by atoms with Gasteiger partial charge in [-0.25, -0.2) is 0 Å². The molecule has 0 saturated carbocycles. The van der Waals surface area contributed by atoms with Crippen LogP contribution in [0, 0.1) is 6.92 Å². The second kappa shape index (κ2) is 10.3. The van der Waals surface area contributed by atoms with Crippen LogP contribution in [-0.2, 0) is 15.8 Å². The molecule has 32 heavy (non-hydrogen) atoms. The lowest BCUT2D eigenvalue weighted by atomic mass is 10.0. The summed E-state index contributed by atoms with van der Waals surface area (Å²) < 4.78 is 41.2. The van der Waals surface area contributed by atoms with Crippen molar-refractivity contribution in [1.82, 2.24) is 10.2 Å². The molecular weight excluding hydrogens is 437 g/mol. The van der Waals surface area contributed by atoms with E-state index in [4.69, 9.17) is 0 Å². The maximum atomic E-state index is 13.7. The van der Waals surface area contributed by atoms with E-state index in [9.17, 15) is 22.8 Å². The Bertz CT molecular complexity index is 1020. The predicted molar refractivity (Wildman–Crippen MR) is 119 cm³/mol. The molecule has 1 aliphatic rings. The van der Waals surface area contributed by atoms with Crippen LogP contribution in [0.1, 0.15) is 36.0 Å². The maximum Gasteiger partial charge on any atom is 0.417 e. The number of nitrogens with zero attached hydrogens (tertiary/aromatic N) is 1. The number of hydrogen-bond donors (Lipinski definition) is 1. The van der Waals surface area contributed by atoms with Crippen molar-refractivity contribution in [3.63, 3.8) is 0 Å². The lowest BCUT2D eigenvalue weighted by Gasteiger charge is -2.17. The zero-order valence-corrected chi connectivity index (χ0v) is 18.6. The van der Waals surface area contributed by atoms with Gasteiger partial charge in [0, 0.05) is 41.4 Å². The van der Waals surface area contributed by atoms with E-state index < -0.39 is 17.6 Å². The van der Waals surface area contributed by atoms with Crippen LogP contribution in [-0.4, -0.2) is 36.3 Å². The molecule has 1 saturated heterocycles. The molecule has 4 nitrogen and oxygen atoms in total. The summed E-state index contributed by atoms with van der Waals surface area (Å²) in [4.78, 5) is 26.6. The SMILES string of the molecule is C=C(C(=O)NCCCN1CCCC1=O)c1ccc(Sc2ccccc2C)c(C(F)(F)F)c1. The second-order valence-corrected chi connectivity index (χ2v) is 8.73. The first kappa shape index (κ1) is 23.9. The summed E-state index contributed by atoms with van der Waals surface area (Å²) in [5.41, 5.74) is 0.178. The van der Waals surface area contributed by atoms with Crippen LogP contribution >= 0.6 is 11.8 Å². The molecule has 1 N–H and O–H groups in total. The first-order chi connectivity index (χ1) is 15.2. The van der Waals surface area contributed by atoms with Gasteiger partial charge < -0.3 is 10.2 Å². The molecule has 170 valence electrons. The number of alkyl halides is 3. The van der Waals surface area contributed by atoms with Crippen molar-refractivity contribution in [3.05, 3.63) is 65.7 Å². The highest BCUT2D eigenvalue weighted by Gasteiger charge is 2.34. The molecule has 0 aromatic heterocycles. The Morgan fingerprint density at radius 1 is 1.19 bits per heavy atom. The van der Waals surface area contributed by atoms with Crippen LogP contribution in [0.5, 0.6) is 0 Å². The molecule has 1 heterocycles. The molecule has 3 rings (SSSR count). The normalized spacial score (nSPS) is 14.0. The van der Waals surface area contributed by atoms with E-state index in [0.29, 0.717) is 25.9 Å². The average Bonchev–Trinajstić information content (AvgIpc) is 3.16. The summed E-state index contributed by atoms with van der Waals surface area (Å²) in [5, 5.41) is 2.68. The highest BCUT2D eigenvalue weighted by atomic mass is 32.2. The van der Waals surface area contributed by atoms with E-state index in [2.05, 4.69) is 11.9 Å². The van der Waals surface area contributed by atoms with Gasteiger partial charge >= 0.3 is 6.18 Å². The van der Waals surface area contributed by atoms with Crippen molar-refractivity contribution in [2.45, 2.75) is 42.2 Å². The van der Waals surface area contributed by atoms with Gasteiger partial charge in [0.15, 0.2) is 0 Å². The summed E-state index contributed by atoms with van der Waals surface area (Å²) in [6, 6.07) is 11.1. The average molecular weight is 463 g/mol. The molecule has 0 unspecified atom stereocenters. The van der Waals surface area contributed by atoms with E-state index in [-0.39, 0.29) is 21.9 Å². The largest absolute Gasteiger partial charge is 0.417 e. The Morgan fingerprint density at radius 2 is 1.94 bits per heavy atom. The van der Waals surface area contributed by atoms with Crippen molar-refractivity contribution in [2.24, 2.45) is 0 Å². The van der Waals surface area contributed by atoms with Crippen LogP contribution in [0.4, 0.5) is 13.2 Å². The first-order valence-corrected chi connectivity index (χ1v) is 11.2. The number of rotatable bonds is 8. The Hall–Kier alpha value is -2.74. The van der Waals surface area contributed by atoms with Gasteiger partial charge in [-0.1, -0.05) is 42.6 Å². The number of hydrogen-bond acceptors (Lipinski definition) is 3. The summed E-state index contributed by atoms with van der Waals surface area (Å²) in [6.45, 7) is 7.13. The van der Waals surface area contributed by atoms with Crippen LogP contribution in [0.25, 0.3) is 5.57 Å². The minimum Gasteiger partial charge on any atom is -0.352 e. The van der Waals surface area contributed by atoms with Crippen molar-refractivity contribution < 1.29 is 22.8 Å². The smallest absolute Gasteiger partial charge is 0.352 e. The van der Waals surface area contributed by atoms with Crippen LogP contribution in [0.2, 0.25) is 0 Å². The van der Waals surface area contributed by atoms with E-state index in [1.165, 1.54) is 12.1 Å². The fourth-order valence-corrected chi connectivity index (χ4v) is 4.50. The zero-order chi connectivity index (χ0) is 23.3. The Balaban J connectivity index is 1.67. The van der Waals surface area contributed by atoms with Gasteiger partial charge in [-0.15, -0.1) is 0 Å². The van der Waals surface area contributed by atoms with Gasteiger partial charge in [0.2, 0.25) is 5.91 Å². The van der Waals surface area contributed by atoms with E-state index in [1.54, 1.807) is 17.0 Å². The fourth-order valence-electron chi connectivity index (χ4n) is 3.47. The summed E-state index contributed by atoms with van der Waals surface area (Å²) in [7, 11) is 0. The van der Waals surface area contributed by atoms with Crippen LogP contribution in [0.3, 0.4) is 0 Å². The Morgan fingerprint density at radius 3 is 2.59 bits per heavy atom. The van der Waals surface area contributed by atoms with E-state index in [0.717, 1.165) is 41.3 Å². The maximum absolute atomic E-state index is 13.7. The third kappa shape index (κ3) is 5.94. The van der Waals surface area contributed by atoms with Gasteiger partial charge in [-0.05, 0) is 49.1 Å². The van der Waals surface area contributed by atoms with Gasteiger partial charge in [0.25, 0.3) is 5.91 Å². The monoisotopic (exact) mass is 462 g/mol. The second-order valence-electron chi connectivity index (χ2n) is 7.65. The molecular formula is C24H25F3N2O2S. The minimum atomic E-state index is -4.57. The third-order valence-electron chi connectivity index (χ3n) is 5.28. The molecule has 8 heteroatoms. The number of aryl methyl sites for hydroxylation is 1. The molecule has 2 aromatic carbocycles. The topological polar surface area (TPSA) is 49.4 Å². The summed E-state index contributed by atoms with van der Waals surface area (Å²) >= 11 is 1.04. The Kier molecular flexibility index (Phi) is 7.66. The van der Waals surface area contributed by atoms with Gasteiger partial charge in [0.1, 0.15) is 0 Å². The van der Waals surface area contributed by atoms with Crippen molar-refractivity contribution >= 4 is 29.1 Å². The lowest BCUT2D eigenvalue weighted by Crippen LogP contribution is -2.30. The van der Waals surface area contributed by atoms with Crippen LogP contribution < -0.4 is 5.32 Å². The number of benzene rings is 2. The summed E-state index contributed by atoms with van der Waals surface area (Å²) in [5.74, 6) is -0.408. The van der Waals surface area contributed by atoms with E-state index in [1.807, 2.05) is 19.1 Å². The number of likely N-dealkylation sites (tertiary alicyclic amines) is 1. The predicted octanol–water partition coefficient (Wildman–Crippen LogP) is 5.31. The lowest BCUT2D eigenvalue weighted by molar-refractivity contribution is -0.139. The molecule has 2 amide bonds. The number of amides is 2. The zero-order valence-electron chi connectivity index (χ0n) is 17.8. The van der Waals surface area contributed by atoms with Gasteiger partial charge in [-0.3, -0.25) is 9.59 Å². The third-order valence-corrected chi connectivity index (χ3v) is 6.54. The number of nitrogens with one attached hydrogen (secondary N) is 1. The molecule has 1 fully saturated rings. The molecule has 0 spiro atoms. The molecule has 1 aliphatic heterocycles.